The molecule has 2 aromatic rings. The van der Waals surface area contributed by atoms with E-state index < -0.39 is 40.9 Å². The van der Waals surface area contributed by atoms with Crippen LogP contribution in [0.1, 0.15) is 63.6 Å². The van der Waals surface area contributed by atoms with Crippen molar-refractivity contribution in [2.75, 3.05) is 7.11 Å². The van der Waals surface area contributed by atoms with Crippen molar-refractivity contribution in [3.05, 3.63) is 70.7 Å². The monoisotopic (exact) mass is 448 g/mol. The lowest BCUT2D eigenvalue weighted by Crippen LogP contribution is -2.53. The summed E-state index contributed by atoms with van der Waals surface area (Å²) in [6.45, 7) is 1.74. The molecule has 1 aromatic carbocycles. The van der Waals surface area contributed by atoms with E-state index in [0.717, 1.165) is 0 Å². The standard InChI is InChI=1S/C26H24O7/c1-14-13-32-23-19(14)22(28)21(27)17-10-11-18-16(20(17)23)9-6-12-26(18,25(30)31-2)33-24(29)15-7-4-3-5-8-15/h3-5,7-8,11,13,16-17,20H,6,9-10,12H2,1-2H3/t16?,17?,20?,26-/m1/s1. The van der Waals surface area contributed by atoms with Gasteiger partial charge in [0, 0.05) is 18.3 Å². The van der Waals surface area contributed by atoms with Gasteiger partial charge in [0.2, 0.25) is 17.2 Å². The maximum atomic E-state index is 13.2. The summed E-state index contributed by atoms with van der Waals surface area (Å²) in [5.74, 6) is -2.94. The number of carbonyl (C=O) groups is 4. The third-order valence-electron chi connectivity index (χ3n) is 7.25. The van der Waals surface area contributed by atoms with Gasteiger partial charge in [-0.25, -0.2) is 9.59 Å². The van der Waals surface area contributed by atoms with Crippen LogP contribution in [0.3, 0.4) is 0 Å². The fraction of sp³-hybridized carbons (Fsp3) is 0.385. The van der Waals surface area contributed by atoms with Gasteiger partial charge in [0.25, 0.3) is 0 Å². The highest BCUT2D eigenvalue weighted by Crippen LogP contribution is 2.55. The first-order chi connectivity index (χ1) is 15.9. The fourth-order valence-corrected chi connectivity index (χ4v) is 5.80. The zero-order valence-corrected chi connectivity index (χ0v) is 18.5. The summed E-state index contributed by atoms with van der Waals surface area (Å²) in [6.07, 6.45) is 5.11. The molecule has 7 nitrogen and oxygen atoms in total. The van der Waals surface area contributed by atoms with Gasteiger partial charge in [0.1, 0.15) is 5.76 Å². The lowest BCUT2D eigenvalue weighted by atomic mass is 9.58. The van der Waals surface area contributed by atoms with E-state index in [-0.39, 0.29) is 18.8 Å². The Bertz CT molecular complexity index is 1190. The van der Waals surface area contributed by atoms with Crippen LogP contribution in [0.15, 0.2) is 52.7 Å². The SMILES string of the molecule is COC(=O)[C@@]1(OC(=O)c2ccccc2)CCCC2C1=CCC1C(=O)C(=O)c3c(C)coc3C12. The van der Waals surface area contributed by atoms with Gasteiger partial charge in [-0.1, -0.05) is 24.3 Å². The molecule has 1 aromatic heterocycles. The van der Waals surface area contributed by atoms with E-state index >= 15 is 0 Å². The van der Waals surface area contributed by atoms with Gasteiger partial charge in [0.15, 0.2) is 0 Å². The van der Waals surface area contributed by atoms with Crippen LogP contribution in [0.25, 0.3) is 0 Å². The van der Waals surface area contributed by atoms with Gasteiger partial charge in [-0.05, 0) is 55.4 Å². The quantitative estimate of drug-likeness (QED) is 0.398. The molecule has 33 heavy (non-hydrogen) atoms. The fourth-order valence-electron chi connectivity index (χ4n) is 5.80. The highest BCUT2D eigenvalue weighted by molar-refractivity contribution is 6.46. The number of methoxy groups -OCH3 is 1. The molecule has 170 valence electrons. The number of hydrogen-bond acceptors (Lipinski definition) is 7. The second kappa shape index (κ2) is 7.83. The number of furan rings is 1. The topological polar surface area (TPSA) is 99.9 Å². The molecule has 0 spiro atoms. The van der Waals surface area contributed by atoms with Gasteiger partial charge < -0.3 is 13.9 Å². The second-order valence-corrected chi connectivity index (χ2v) is 8.95. The van der Waals surface area contributed by atoms with E-state index in [2.05, 4.69) is 0 Å². The van der Waals surface area contributed by atoms with E-state index in [1.165, 1.54) is 13.4 Å². The number of fused-ring (bicyclic) bond motifs is 5. The highest BCUT2D eigenvalue weighted by atomic mass is 16.6. The highest BCUT2D eigenvalue weighted by Gasteiger charge is 2.58. The molecule has 0 saturated heterocycles. The van der Waals surface area contributed by atoms with Crippen molar-refractivity contribution in [3.8, 4) is 0 Å². The van der Waals surface area contributed by atoms with E-state index in [0.29, 0.717) is 40.9 Å². The molecular formula is C26H24O7. The Morgan fingerprint density at radius 1 is 1.12 bits per heavy atom. The number of allylic oxidation sites excluding steroid dienone is 1. The van der Waals surface area contributed by atoms with Crippen LogP contribution in [0.4, 0.5) is 0 Å². The summed E-state index contributed by atoms with van der Waals surface area (Å²) in [5, 5.41) is 0. The number of Topliss-reactive ketones (excluding diaryl/α,β-unsaturated/α-hetero) is 2. The van der Waals surface area contributed by atoms with Crippen molar-refractivity contribution in [2.45, 2.75) is 44.1 Å². The predicted molar refractivity (Wildman–Crippen MR) is 116 cm³/mol. The zero-order valence-electron chi connectivity index (χ0n) is 18.5. The third kappa shape index (κ3) is 3.09. The summed E-state index contributed by atoms with van der Waals surface area (Å²) in [7, 11) is 1.27. The summed E-state index contributed by atoms with van der Waals surface area (Å²) in [4.78, 5) is 51.9. The number of ketones is 2. The maximum Gasteiger partial charge on any atom is 0.354 e. The van der Waals surface area contributed by atoms with E-state index in [1.807, 2.05) is 0 Å². The first-order valence-corrected chi connectivity index (χ1v) is 11.1. The van der Waals surface area contributed by atoms with Crippen LogP contribution in [0, 0.1) is 18.8 Å². The Labute approximate surface area is 190 Å². The molecule has 0 aliphatic heterocycles. The molecule has 7 heteroatoms. The van der Waals surface area contributed by atoms with E-state index in [9.17, 15) is 19.2 Å². The van der Waals surface area contributed by atoms with Crippen LogP contribution in [0.2, 0.25) is 0 Å². The molecule has 4 atom stereocenters. The van der Waals surface area contributed by atoms with Crippen molar-refractivity contribution in [3.63, 3.8) is 0 Å². The van der Waals surface area contributed by atoms with Crippen molar-refractivity contribution < 1.29 is 33.1 Å². The van der Waals surface area contributed by atoms with E-state index in [4.69, 9.17) is 13.9 Å². The third-order valence-corrected chi connectivity index (χ3v) is 7.25. The number of benzene rings is 1. The maximum absolute atomic E-state index is 13.2. The second-order valence-electron chi connectivity index (χ2n) is 8.95. The summed E-state index contributed by atoms with van der Waals surface area (Å²) in [6, 6.07) is 8.49. The number of ether oxygens (including phenoxy) is 2. The van der Waals surface area contributed by atoms with Crippen molar-refractivity contribution in [1.29, 1.82) is 0 Å². The Hall–Kier alpha value is -3.48. The molecule has 5 rings (SSSR count). The van der Waals surface area contributed by atoms with Crippen LogP contribution in [-0.2, 0) is 19.1 Å². The number of aryl methyl sites for hydroxylation is 1. The average molecular weight is 448 g/mol. The summed E-state index contributed by atoms with van der Waals surface area (Å²) >= 11 is 0. The molecule has 3 aliphatic carbocycles. The number of carbonyl (C=O) groups excluding carboxylic acids is 4. The Morgan fingerprint density at radius 2 is 1.88 bits per heavy atom. The van der Waals surface area contributed by atoms with Crippen LogP contribution in [0.5, 0.6) is 0 Å². The summed E-state index contributed by atoms with van der Waals surface area (Å²) < 4.78 is 16.9. The van der Waals surface area contributed by atoms with Gasteiger partial charge in [-0.3, -0.25) is 9.59 Å². The number of rotatable bonds is 3. The Balaban J connectivity index is 1.60. The molecular weight excluding hydrogens is 424 g/mol. The van der Waals surface area contributed by atoms with Gasteiger partial charge >= 0.3 is 11.9 Å². The van der Waals surface area contributed by atoms with Crippen LogP contribution >= 0.6 is 0 Å². The molecule has 3 aliphatic rings. The minimum absolute atomic E-state index is 0.266. The Kier molecular flexibility index (Phi) is 5.07. The molecule has 0 bridgehead atoms. The predicted octanol–water partition coefficient (Wildman–Crippen LogP) is 3.95. The Morgan fingerprint density at radius 3 is 2.61 bits per heavy atom. The van der Waals surface area contributed by atoms with Crippen LogP contribution in [-0.4, -0.2) is 36.2 Å². The number of esters is 2. The van der Waals surface area contributed by atoms with Gasteiger partial charge in [0.05, 0.1) is 24.5 Å². The average Bonchev–Trinajstić information content (AvgIpc) is 3.23. The van der Waals surface area contributed by atoms with E-state index in [1.54, 1.807) is 43.3 Å². The lowest BCUT2D eigenvalue weighted by molar-refractivity contribution is -0.162. The first kappa shape index (κ1) is 21.4. The van der Waals surface area contributed by atoms with Crippen molar-refractivity contribution >= 4 is 23.5 Å². The minimum atomic E-state index is -1.58. The molecule has 1 fully saturated rings. The van der Waals surface area contributed by atoms with Crippen LogP contribution < -0.4 is 0 Å². The number of hydrogen-bond donors (Lipinski definition) is 0. The normalized spacial score (nSPS) is 28.2. The van der Waals surface area contributed by atoms with Crippen molar-refractivity contribution in [1.82, 2.24) is 0 Å². The van der Waals surface area contributed by atoms with Crippen molar-refractivity contribution in [2.24, 2.45) is 11.8 Å². The van der Waals surface area contributed by atoms with Gasteiger partial charge in [-0.2, -0.15) is 0 Å². The smallest absolute Gasteiger partial charge is 0.354 e. The lowest BCUT2D eigenvalue weighted by Gasteiger charge is -2.47. The first-order valence-electron chi connectivity index (χ1n) is 11.1. The summed E-state index contributed by atoms with van der Waals surface area (Å²) in [5.41, 5.74) is 0.344. The molecule has 1 saturated carbocycles. The minimum Gasteiger partial charge on any atom is -0.468 e. The van der Waals surface area contributed by atoms with Gasteiger partial charge in [-0.15, -0.1) is 0 Å². The molecule has 0 radical (unpaired) electrons. The molecule has 3 unspecified atom stereocenters. The zero-order chi connectivity index (χ0) is 23.3. The molecule has 1 heterocycles. The largest absolute Gasteiger partial charge is 0.468 e. The molecule has 0 amide bonds. The molecule has 0 N–H and O–H groups in total.